The molecule has 2 heterocycles. The third kappa shape index (κ3) is 3.53. The minimum atomic E-state index is -0.461. The van der Waals surface area contributed by atoms with Gasteiger partial charge < -0.3 is 14.6 Å². The van der Waals surface area contributed by atoms with Gasteiger partial charge in [0.1, 0.15) is 9.88 Å². The third-order valence-corrected chi connectivity index (χ3v) is 5.68. The number of aromatic nitrogens is 1. The number of thiophene rings is 1. The molecule has 0 aliphatic rings. The number of rotatable bonds is 5. The molecule has 0 fully saturated rings. The number of carbonyl (C=O) groups is 2. The van der Waals surface area contributed by atoms with Gasteiger partial charge in [0.05, 0.1) is 12.2 Å². The molecule has 2 aromatic heterocycles. The van der Waals surface area contributed by atoms with Crippen LogP contribution in [0.1, 0.15) is 44.4 Å². The van der Waals surface area contributed by atoms with Crippen LogP contribution in [0.4, 0.5) is 5.00 Å². The number of esters is 1. The fourth-order valence-corrected chi connectivity index (χ4v) is 3.82. The van der Waals surface area contributed by atoms with Gasteiger partial charge in [-0.25, -0.2) is 4.79 Å². The van der Waals surface area contributed by atoms with E-state index in [9.17, 15) is 14.4 Å². The van der Waals surface area contributed by atoms with Gasteiger partial charge in [-0.05, 0) is 26.3 Å². The van der Waals surface area contributed by atoms with Crippen LogP contribution in [-0.4, -0.2) is 23.1 Å². The summed E-state index contributed by atoms with van der Waals surface area (Å²) in [5.74, 6) is -0.850. The number of aryl methyl sites for hydroxylation is 1. The summed E-state index contributed by atoms with van der Waals surface area (Å²) in [6, 6.07) is 1.73. The highest BCUT2D eigenvalue weighted by Gasteiger charge is 2.21. The predicted molar refractivity (Wildman–Crippen MR) is 91.9 cm³/mol. The Bertz CT molecular complexity index is 801. The van der Waals surface area contributed by atoms with Gasteiger partial charge >= 0.3 is 10.8 Å². The van der Waals surface area contributed by atoms with E-state index in [1.54, 1.807) is 27.0 Å². The molecule has 1 amide bonds. The molecule has 0 spiro atoms. The van der Waals surface area contributed by atoms with E-state index in [-0.39, 0.29) is 17.4 Å². The second-order valence-corrected chi connectivity index (χ2v) is 6.92. The number of hydrogen-bond acceptors (Lipinski definition) is 6. The van der Waals surface area contributed by atoms with Crippen LogP contribution in [0.2, 0.25) is 0 Å². The van der Waals surface area contributed by atoms with E-state index in [0.717, 1.165) is 22.6 Å². The maximum Gasteiger partial charge on any atom is 0.341 e. The van der Waals surface area contributed by atoms with E-state index in [4.69, 9.17) is 4.74 Å². The molecule has 23 heavy (non-hydrogen) atoms. The van der Waals surface area contributed by atoms with Crippen molar-refractivity contribution in [3.63, 3.8) is 0 Å². The van der Waals surface area contributed by atoms with E-state index in [2.05, 4.69) is 5.32 Å². The second kappa shape index (κ2) is 7.10. The molecule has 0 unspecified atom stereocenters. The zero-order valence-corrected chi connectivity index (χ0v) is 15.0. The first-order chi connectivity index (χ1) is 10.9. The molecule has 1 N–H and O–H groups in total. The second-order valence-electron chi connectivity index (χ2n) is 4.83. The first kappa shape index (κ1) is 17.4. The highest BCUT2D eigenvalue weighted by atomic mass is 32.1. The minimum Gasteiger partial charge on any atom is -0.462 e. The van der Waals surface area contributed by atoms with Crippen molar-refractivity contribution >= 4 is 39.6 Å². The van der Waals surface area contributed by atoms with Crippen molar-refractivity contribution in [3.05, 3.63) is 36.7 Å². The molecule has 0 saturated heterocycles. The summed E-state index contributed by atoms with van der Waals surface area (Å²) in [6.07, 6.45) is 0.755. The number of anilines is 1. The lowest BCUT2D eigenvalue weighted by Crippen LogP contribution is -2.14. The maximum absolute atomic E-state index is 12.4. The molecule has 0 atom stereocenters. The van der Waals surface area contributed by atoms with Crippen LogP contribution in [0.25, 0.3) is 0 Å². The zero-order valence-electron chi connectivity index (χ0n) is 13.4. The van der Waals surface area contributed by atoms with Gasteiger partial charge in [0.2, 0.25) is 0 Å². The van der Waals surface area contributed by atoms with Gasteiger partial charge in [-0.15, -0.1) is 11.3 Å². The summed E-state index contributed by atoms with van der Waals surface area (Å²) >= 11 is 2.23. The number of amides is 1. The Labute approximate surface area is 141 Å². The molecule has 0 saturated carbocycles. The Kier molecular flexibility index (Phi) is 5.38. The fourth-order valence-electron chi connectivity index (χ4n) is 1.96. The van der Waals surface area contributed by atoms with E-state index < -0.39 is 5.97 Å². The van der Waals surface area contributed by atoms with Gasteiger partial charge in [0.15, 0.2) is 0 Å². The van der Waals surface area contributed by atoms with Crippen LogP contribution >= 0.6 is 22.7 Å². The Morgan fingerprint density at radius 2 is 2.00 bits per heavy atom. The molecule has 0 aromatic carbocycles. The third-order valence-electron chi connectivity index (χ3n) is 3.36. The van der Waals surface area contributed by atoms with Gasteiger partial charge in [0.25, 0.3) is 5.91 Å². The largest absolute Gasteiger partial charge is 0.462 e. The summed E-state index contributed by atoms with van der Waals surface area (Å²) in [5, 5.41) is 3.19. The first-order valence-corrected chi connectivity index (χ1v) is 8.79. The van der Waals surface area contributed by atoms with Gasteiger partial charge in [0, 0.05) is 17.6 Å². The van der Waals surface area contributed by atoms with Crippen LogP contribution in [0.3, 0.4) is 0 Å². The van der Waals surface area contributed by atoms with Crippen molar-refractivity contribution < 1.29 is 14.3 Å². The van der Waals surface area contributed by atoms with Crippen molar-refractivity contribution in [3.8, 4) is 0 Å². The van der Waals surface area contributed by atoms with Crippen molar-refractivity contribution in [2.75, 3.05) is 11.9 Å². The molecular weight excluding hydrogens is 336 g/mol. The van der Waals surface area contributed by atoms with E-state index in [1.807, 2.05) is 6.92 Å². The topological polar surface area (TPSA) is 77.4 Å². The van der Waals surface area contributed by atoms with Crippen LogP contribution in [-0.2, 0) is 18.2 Å². The van der Waals surface area contributed by atoms with Crippen molar-refractivity contribution in [2.45, 2.75) is 27.2 Å². The van der Waals surface area contributed by atoms with E-state index in [0.29, 0.717) is 21.1 Å². The molecule has 124 valence electrons. The van der Waals surface area contributed by atoms with E-state index >= 15 is 0 Å². The number of hydrogen-bond donors (Lipinski definition) is 1. The summed E-state index contributed by atoms with van der Waals surface area (Å²) in [4.78, 5) is 37.2. The Morgan fingerprint density at radius 3 is 2.52 bits per heavy atom. The molecule has 0 radical (unpaired) electrons. The highest BCUT2D eigenvalue weighted by molar-refractivity contribution is 7.17. The number of thiazole rings is 1. The molecule has 2 aromatic rings. The molecule has 0 aliphatic carbocycles. The number of carbonyl (C=O) groups excluding carboxylic acids is 2. The summed E-state index contributed by atoms with van der Waals surface area (Å²) in [7, 11) is 1.62. The lowest BCUT2D eigenvalue weighted by atomic mass is 10.2. The molecule has 2 rings (SSSR count). The molecule has 8 heteroatoms. The minimum absolute atomic E-state index is 0.196. The van der Waals surface area contributed by atoms with Crippen molar-refractivity contribution in [2.24, 2.45) is 7.05 Å². The van der Waals surface area contributed by atoms with Gasteiger partial charge in [-0.3, -0.25) is 9.59 Å². The smallest absolute Gasteiger partial charge is 0.341 e. The van der Waals surface area contributed by atoms with Crippen molar-refractivity contribution in [1.29, 1.82) is 0 Å². The molecule has 6 nitrogen and oxygen atoms in total. The summed E-state index contributed by atoms with van der Waals surface area (Å²) in [6.45, 7) is 5.68. The predicted octanol–water partition coefficient (Wildman–Crippen LogP) is 2.81. The highest BCUT2D eigenvalue weighted by Crippen LogP contribution is 2.30. The monoisotopic (exact) mass is 354 g/mol. The average Bonchev–Trinajstić information content (AvgIpc) is 3.04. The number of nitrogens with one attached hydrogen (secondary N) is 1. The normalized spacial score (nSPS) is 10.6. The number of nitrogens with zero attached hydrogens (tertiary/aromatic N) is 1. The zero-order chi connectivity index (χ0) is 17.1. The van der Waals surface area contributed by atoms with Gasteiger partial charge in [-0.2, -0.15) is 0 Å². The molecule has 0 bridgehead atoms. The lowest BCUT2D eigenvalue weighted by Gasteiger charge is -2.05. The van der Waals surface area contributed by atoms with Crippen LogP contribution in [0, 0.1) is 6.92 Å². The van der Waals surface area contributed by atoms with Crippen LogP contribution < -0.4 is 10.2 Å². The lowest BCUT2D eigenvalue weighted by molar-refractivity contribution is 0.0528. The Morgan fingerprint density at radius 1 is 1.30 bits per heavy atom. The number of ether oxygens (including phenoxy) is 1. The summed E-state index contributed by atoms with van der Waals surface area (Å²) < 4.78 is 6.45. The summed E-state index contributed by atoms with van der Waals surface area (Å²) in [5.41, 5.74) is 0.949. The van der Waals surface area contributed by atoms with Gasteiger partial charge in [-0.1, -0.05) is 18.3 Å². The van der Waals surface area contributed by atoms with Crippen LogP contribution in [0.15, 0.2) is 10.9 Å². The Hall–Kier alpha value is -1.93. The van der Waals surface area contributed by atoms with E-state index in [1.165, 1.54) is 15.9 Å². The van der Waals surface area contributed by atoms with Crippen LogP contribution in [0.5, 0.6) is 0 Å². The molecular formula is C15H18N2O4S2. The SMILES string of the molecule is CCOC(=O)c1cc(CC)sc1NC(=O)c1sc(=O)n(C)c1C. The molecule has 0 aliphatic heterocycles. The van der Waals surface area contributed by atoms with Crippen molar-refractivity contribution in [1.82, 2.24) is 4.57 Å². The first-order valence-electron chi connectivity index (χ1n) is 7.16. The Balaban J connectivity index is 2.33. The maximum atomic E-state index is 12.4. The fraction of sp³-hybridized carbons (Fsp3) is 0.400. The average molecular weight is 354 g/mol. The quantitative estimate of drug-likeness (QED) is 0.838. The standard InChI is InChI=1S/C15H18N2O4S2/c1-5-9-7-10(14(19)21-6-2)13(22-9)16-12(18)11-8(3)17(4)15(20)23-11/h7H,5-6H2,1-4H3,(H,16,18).